The number of aromatic nitrogens is 3. The van der Waals surface area contributed by atoms with Crippen molar-refractivity contribution in [2.24, 2.45) is 0 Å². The Kier molecular flexibility index (Phi) is 6.09. The number of hydrogen-bond acceptors (Lipinski definition) is 4. The molecule has 29 heavy (non-hydrogen) atoms. The minimum Gasteiger partial charge on any atom is -0.490 e. The number of rotatable bonds is 4. The van der Waals surface area contributed by atoms with Crippen molar-refractivity contribution < 1.29 is 9.53 Å². The van der Waals surface area contributed by atoms with E-state index < -0.39 is 0 Å². The number of aryl methyl sites for hydroxylation is 1. The highest BCUT2D eigenvalue weighted by Crippen LogP contribution is 2.31. The van der Waals surface area contributed by atoms with E-state index in [0.29, 0.717) is 22.9 Å². The van der Waals surface area contributed by atoms with Crippen LogP contribution in [-0.4, -0.2) is 44.8 Å². The summed E-state index contributed by atoms with van der Waals surface area (Å²) in [5, 5.41) is 9.52. The molecular weight excluding hydrogens is 388 g/mol. The molecule has 4 rings (SSSR count). The third kappa shape index (κ3) is 4.42. The minimum absolute atomic E-state index is 0.0109. The van der Waals surface area contributed by atoms with Crippen LogP contribution in [0, 0.1) is 0 Å². The Hall–Kier alpha value is -2.08. The molecule has 2 aromatic rings. The van der Waals surface area contributed by atoms with Crippen LogP contribution in [0.4, 0.5) is 0 Å². The first kappa shape index (κ1) is 20.2. The van der Waals surface area contributed by atoms with Crippen molar-refractivity contribution in [1.82, 2.24) is 19.7 Å². The van der Waals surface area contributed by atoms with Crippen molar-refractivity contribution in [2.45, 2.75) is 70.9 Å². The molecule has 0 radical (unpaired) electrons. The highest BCUT2D eigenvalue weighted by molar-refractivity contribution is 6.31. The number of ether oxygens (including phenoxy) is 1. The smallest absolute Gasteiger partial charge is 0.257 e. The summed E-state index contributed by atoms with van der Waals surface area (Å²) in [4.78, 5) is 15.3. The Bertz CT molecular complexity index is 880. The topological polar surface area (TPSA) is 60.2 Å². The van der Waals surface area contributed by atoms with Gasteiger partial charge >= 0.3 is 0 Å². The fraction of sp³-hybridized carbons (Fsp3) is 0.591. The van der Waals surface area contributed by atoms with Gasteiger partial charge in [0.05, 0.1) is 11.7 Å². The summed E-state index contributed by atoms with van der Waals surface area (Å²) in [5.74, 6) is 2.93. The number of nitrogens with zero attached hydrogens (tertiary/aromatic N) is 4. The van der Waals surface area contributed by atoms with Crippen molar-refractivity contribution in [3.63, 3.8) is 0 Å². The van der Waals surface area contributed by atoms with E-state index in [4.69, 9.17) is 16.3 Å². The van der Waals surface area contributed by atoms with Crippen molar-refractivity contribution >= 4 is 17.5 Å². The van der Waals surface area contributed by atoms with Crippen molar-refractivity contribution in [1.29, 1.82) is 0 Å². The normalized spacial score (nSPS) is 19.7. The molecule has 1 aromatic carbocycles. The molecule has 3 heterocycles. The molecule has 6 nitrogen and oxygen atoms in total. The first-order valence-corrected chi connectivity index (χ1v) is 11.1. The number of carbonyl (C=O) groups excluding carboxylic acids is 1. The predicted octanol–water partition coefficient (Wildman–Crippen LogP) is 4.46. The first-order chi connectivity index (χ1) is 14.0. The van der Waals surface area contributed by atoms with E-state index in [2.05, 4.69) is 14.8 Å². The van der Waals surface area contributed by atoms with Gasteiger partial charge in [-0.05, 0) is 57.7 Å². The van der Waals surface area contributed by atoms with E-state index in [1.54, 1.807) is 18.2 Å². The van der Waals surface area contributed by atoms with Gasteiger partial charge in [-0.1, -0.05) is 18.0 Å². The zero-order chi connectivity index (χ0) is 20.4. The van der Waals surface area contributed by atoms with Gasteiger partial charge in [-0.2, -0.15) is 0 Å². The number of hydrogen-bond donors (Lipinski definition) is 0. The SMILES string of the molecule is CC(C)Oc1ccc(Cl)cc1C(=O)N1CCCC(c2nnc3n2CCCCC3)C1. The summed E-state index contributed by atoms with van der Waals surface area (Å²) in [6, 6.07) is 5.27. The average molecular weight is 417 g/mol. The summed E-state index contributed by atoms with van der Waals surface area (Å²) in [7, 11) is 0. The highest BCUT2D eigenvalue weighted by atomic mass is 35.5. The summed E-state index contributed by atoms with van der Waals surface area (Å²) in [6.07, 6.45) is 6.58. The van der Waals surface area contributed by atoms with E-state index in [9.17, 15) is 4.79 Å². The Morgan fingerprint density at radius 3 is 2.86 bits per heavy atom. The standard InChI is InChI=1S/C22H29ClN4O2/c1-15(2)29-19-10-9-17(23)13-18(19)22(28)26-11-6-7-16(14-26)21-25-24-20-8-4-3-5-12-27(20)21/h9-10,13,15-16H,3-8,11-12,14H2,1-2H3. The second kappa shape index (κ2) is 8.74. The summed E-state index contributed by atoms with van der Waals surface area (Å²) in [5.41, 5.74) is 0.534. The second-order valence-electron chi connectivity index (χ2n) is 8.33. The molecule has 1 fully saturated rings. The number of halogens is 1. The number of carbonyl (C=O) groups is 1. The Balaban J connectivity index is 1.56. The summed E-state index contributed by atoms with van der Waals surface area (Å²) >= 11 is 6.19. The fourth-order valence-corrected chi connectivity index (χ4v) is 4.55. The van der Waals surface area contributed by atoms with Gasteiger partial charge in [-0.25, -0.2) is 0 Å². The average Bonchev–Trinajstić information content (AvgIpc) is 2.97. The van der Waals surface area contributed by atoms with E-state index in [1.165, 1.54) is 19.3 Å². The van der Waals surface area contributed by atoms with Crippen molar-refractivity contribution in [2.75, 3.05) is 13.1 Å². The maximum Gasteiger partial charge on any atom is 0.257 e. The molecule has 0 spiro atoms. The number of likely N-dealkylation sites (tertiary alicyclic amines) is 1. The Labute approximate surface area is 177 Å². The van der Waals surface area contributed by atoms with Crippen LogP contribution in [0.15, 0.2) is 18.2 Å². The Morgan fingerprint density at radius 1 is 1.17 bits per heavy atom. The second-order valence-corrected chi connectivity index (χ2v) is 8.77. The minimum atomic E-state index is -0.0246. The third-order valence-electron chi connectivity index (χ3n) is 5.75. The first-order valence-electron chi connectivity index (χ1n) is 10.7. The van der Waals surface area contributed by atoms with Crippen molar-refractivity contribution in [3.8, 4) is 5.75 Å². The lowest BCUT2D eigenvalue weighted by Crippen LogP contribution is -2.40. The lowest BCUT2D eigenvalue weighted by molar-refractivity contribution is 0.0697. The van der Waals surface area contributed by atoms with Gasteiger partial charge in [-0.15, -0.1) is 10.2 Å². The zero-order valence-electron chi connectivity index (χ0n) is 17.2. The molecular formula is C22H29ClN4O2. The molecule has 1 aromatic heterocycles. The number of piperidine rings is 1. The van der Waals surface area contributed by atoms with Crippen LogP contribution in [0.3, 0.4) is 0 Å². The third-order valence-corrected chi connectivity index (χ3v) is 5.98. The molecule has 1 amide bonds. The van der Waals surface area contributed by atoms with Crippen LogP contribution in [0.1, 0.15) is 73.9 Å². The van der Waals surface area contributed by atoms with Crippen LogP contribution in [-0.2, 0) is 13.0 Å². The maximum atomic E-state index is 13.4. The molecule has 0 aliphatic carbocycles. The molecule has 1 atom stereocenters. The van der Waals surface area contributed by atoms with Crippen molar-refractivity contribution in [3.05, 3.63) is 40.4 Å². The largest absolute Gasteiger partial charge is 0.490 e. The summed E-state index contributed by atoms with van der Waals surface area (Å²) in [6.45, 7) is 6.30. The lowest BCUT2D eigenvalue weighted by atomic mass is 9.96. The molecule has 2 aliphatic rings. The van der Waals surface area contributed by atoms with Gasteiger partial charge in [0.1, 0.15) is 17.4 Å². The molecule has 0 N–H and O–H groups in total. The van der Waals surface area contributed by atoms with Gasteiger partial charge in [0, 0.05) is 37.0 Å². The van der Waals surface area contributed by atoms with Crippen LogP contribution in [0.5, 0.6) is 5.75 Å². The molecule has 1 unspecified atom stereocenters. The number of amides is 1. The molecule has 156 valence electrons. The Morgan fingerprint density at radius 2 is 2.03 bits per heavy atom. The van der Waals surface area contributed by atoms with E-state index in [1.807, 2.05) is 18.7 Å². The van der Waals surface area contributed by atoms with Gasteiger partial charge < -0.3 is 14.2 Å². The molecule has 1 saturated heterocycles. The summed E-state index contributed by atoms with van der Waals surface area (Å²) < 4.78 is 8.17. The van der Waals surface area contributed by atoms with E-state index >= 15 is 0 Å². The highest BCUT2D eigenvalue weighted by Gasteiger charge is 2.31. The molecule has 2 aliphatic heterocycles. The van der Waals surface area contributed by atoms with E-state index in [0.717, 1.165) is 44.0 Å². The van der Waals surface area contributed by atoms with Crippen LogP contribution >= 0.6 is 11.6 Å². The number of fused-ring (bicyclic) bond motifs is 1. The van der Waals surface area contributed by atoms with Gasteiger partial charge in [0.25, 0.3) is 5.91 Å². The van der Waals surface area contributed by atoms with Crippen LogP contribution in [0.25, 0.3) is 0 Å². The lowest BCUT2D eigenvalue weighted by Gasteiger charge is -2.33. The van der Waals surface area contributed by atoms with Crippen LogP contribution in [0.2, 0.25) is 5.02 Å². The van der Waals surface area contributed by atoms with Gasteiger partial charge in [0.2, 0.25) is 0 Å². The molecule has 0 saturated carbocycles. The monoisotopic (exact) mass is 416 g/mol. The number of benzene rings is 1. The van der Waals surface area contributed by atoms with Crippen LogP contribution < -0.4 is 4.74 Å². The van der Waals surface area contributed by atoms with Gasteiger partial charge in [-0.3, -0.25) is 4.79 Å². The predicted molar refractivity (Wildman–Crippen MR) is 113 cm³/mol. The molecule has 0 bridgehead atoms. The molecule has 7 heteroatoms. The fourth-order valence-electron chi connectivity index (χ4n) is 4.38. The van der Waals surface area contributed by atoms with E-state index in [-0.39, 0.29) is 17.9 Å². The van der Waals surface area contributed by atoms with Gasteiger partial charge in [0.15, 0.2) is 0 Å². The maximum absolute atomic E-state index is 13.4. The zero-order valence-corrected chi connectivity index (χ0v) is 18.0. The quantitative estimate of drug-likeness (QED) is 0.738.